The summed E-state index contributed by atoms with van der Waals surface area (Å²) in [7, 11) is 0. The number of rotatable bonds is 4. The topological polar surface area (TPSA) is 78.9 Å². The van der Waals surface area contributed by atoms with E-state index in [0.717, 1.165) is 5.56 Å². The lowest BCUT2D eigenvalue weighted by atomic mass is 9.97. The first-order valence-corrected chi connectivity index (χ1v) is 8.65. The number of carbonyl (C=O) groups is 2. The number of nitrogens with one attached hydrogen (secondary N) is 1. The fourth-order valence-electron chi connectivity index (χ4n) is 2.92. The molecule has 6 heteroatoms. The predicted molar refractivity (Wildman–Crippen MR) is 98.6 cm³/mol. The number of piperidine rings is 1. The monoisotopic (exact) mass is 354 g/mol. The van der Waals surface area contributed by atoms with Crippen LogP contribution in [0.25, 0.3) is 0 Å². The molecule has 0 aliphatic carbocycles. The van der Waals surface area contributed by atoms with Crippen LogP contribution in [0, 0.1) is 12.8 Å². The van der Waals surface area contributed by atoms with E-state index in [-0.39, 0.29) is 11.9 Å². The summed E-state index contributed by atoms with van der Waals surface area (Å²) < 4.78 is 5.89. The molecule has 3 rings (SSSR count). The van der Waals surface area contributed by atoms with Crippen LogP contribution in [0.4, 0.5) is 10.5 Å². The zero-order valence-electron chi connectivity index (χ0n) is 14.6. The number of carboxylic acid groups (broad SMARTS) is 1. The van der Waals surface area contributed by atoms with Gasteiger partial charge in [0, 0.05) is 13.1 Å². The zero-order chi connectivity index (χ0) is 18.5. The van der Waals surface area contributed by atoms with Crippen molar-refractivity contribution in [1.29, 1.82) is 0 Å². The number of ether oxygens (including phenoxy) is 1. The van der Waals surface area contributed by atoms with Crippen LogP contribution in [0.5, 0.6) is 11.5 Å². The van der Waals surface area contributed by atoms with E-state index in [1.807, 2.05) is 43.3 Å². The van der Waals surface area contributed by atoms with E-state index in [9.17, 15) is 9.59 Å². The van der Waals surface area contributed by atoms with E-state index >= 15 is 0 Å². The lowest BCUT2D eigenvalue weighted by Crippen LogP contribution is -2.42. The van der Waals surface area contributed by atoms with Crippen LogP contribution >= 0.6 is 0 Å². The van der Waals surface area contributed by atoms with Crippen molar-refractivity contribution in [3.63, 3.8) is 0 Å². The second-order valence-electron chi connectivity index (χ2n) is 6.44. The van der Waals surface area contributed by atoms with Crippen LogP contribution in [0.15, 0.2) is 48.5 Å². The van der Waals surface area contributed by atoms with Crippen molar-refractivity contribution >= 4 is 17.7 Å². The van der Waals surface area contributed by atoms with Gasteiger partial charge in [-0.2, -0.15) is 0 Å². The van der Waals surface area contributed by atoms with Gasteiger partial charge in [-0.15, -0.1) is 0 Å². The first kappa shape index (κ1) is 17.8. The molecule has 2 aromatic carbocycles. The highest BCUT2D eigenvalue weighted by Crippen LogP contribution is 2.30. The molecule has 136 valence electrons. The predicted octanol–water partition coefficient (Wildman–Crippen LogP) is 4.12. The number of hydrogen-bond donors (Lipinski definition) is 2. The van der Waals surface area contributed by atoms with Crippen LogP contribution in [-0.4, -0.2) is 35.1 Å². The van der Waals surface area contributed by atoms with Gasteiger partial charge in [0.05, 0.1) is 11.6 Å². The molecule has 2 amide bonds. The molecule has 1 aliphatic rings. The molecule has 0 bridgehead atoms. The SMILES string of the molecule is Cc1ccc(Oc2ccccc2NC(=O)N2CCC(C(=O)O)CC2)cc1. The number of hydrogen-bond acceptors (Lipinski definition) is 3. The van der Waals surface area contributed by atoms with Crippen LogP contribution in [-0.2, 0) is 4.79 Å². The Morgan fingerprint density at radius 1 is 1.08 bits per heavy atom. The Kier molecular flexibility index (Phi) is 5.41. The Morgan fingerprint density at radius 3 is 2.38 bits per heavy atom. The maximum absolute atomic E-state index is 12.5. The molecule has 1 aliphatic heterocycles. The van der Waals surface area contributed by atoms with E-state index in [4.69, 9.17) is 9.84 Å². The van der Waals surface area contributed by atoms with Crippen LogP contribution in [0.2, 0.25) is 0 Å². The number of anilines is 1. The largest absolute Gasteiger partial charge is 0.481 e. The van der Waals surface area contributed by atoms with Crippen molar-refractivity contribution in [2.75, 3.05) is 18.4 Å². The summed E-state index contributed by atoms with van der Waals surface area (Å²) in [4.78, 5) is 25.2. The van der Waals surface area contributed by atoms with Crippen molar-refractivity contribution in [3.8, 4) is 11.5 Å². The number of likely N-dealkylation sites (tertiary alicyclic amines) is 1. The van der Waals surface area contributed by atoms with Crippen molar-refractivity contribution in [3.05, 3.63) is 54.1 Å². The maximum Gasteiger partial charge on any atom is 0.321 e. The fraction of sp³-hybridized carbons (Fsp3) is 0.300. The molecule has 2 N–H and O–H groups in total. The summed E-state index contributed by atoms with van der Waals surface area (Å²) in [6.07, 6.45) is 0.953. The lowest BCUT2D eigenvalue weighted by molar-refractivity contribution is -0.143. The highest BCUT2D eigenvalue weighted by atomic mass is 16.5. The smallest absolute Gasteiger partial charge is 0.321 e. The molecule has 1 fully saturated rings. The number of aryl methyl sites for hydroxylation is 1. The molecule has 0 radical (unpaired) electrons. The van der Waals surface area contributed by atoms with Gasteiger partial charge in [-0.25, -0.2) is 4.79 Å². The minimum atomic E-state index is -0.790. The molecular formula is C20H22N2O4. The second-order valence-corrected chi connectivity index (χ2v) is 6.44. The Hall–Kier alpha value is -3.02. The molecule has 6 nitrogen and oxygen atoms in total. The third-order valence-corrected chi connectivity index (χ3v) is 4.51. The van der Waals surface area contributed by atoms with Crippen molar-refractivity contribution in [2.45, 2.75) is 19.8 Å². The zero-order valence-corrected chi connectivity index (χ0v) is 14.6. The van der Waals surface area contributed by atoms with Gasteiger partial charge in [0.15, 0.2) is 5.75 Å². The Morgan fingerprint density at radius 2 is 1.73 bits per heavy atom. The average Bonchev–Trinajstić information content (AvgIpc) is 2.65. The first-order chi connectivity index (χ1) is 12.5. The summed E-state index contributed by atoms with van der Waals surface area (Å²) in [5.41, 5.74) is 1.72. The molecule has 0 saturated carbocycles. The quantitative estimate of drug-likeness (QED) is 0.866. The van der Waals surface area contributed by atoms with Gasteiger partial charge in [-0.3, -0.25) is 4.79 Å². The Balaban J connectivity index is 1.65. The summed E-state index contributed by atoms with van der Waals surface area (Å²) >= 11 is 0. The molecule has 0 spiro atoms. The molecule has 26 heavy (non-hydrogen) atoms. The summed E-state index contributed by atoms with van der Waals surface area (Å²) in [5.74, 6) is 0.0998. The lowest BCUT2D eigenvalue weighted by Gasteiger charge is -2.30. The highest BCUT2D eigenvalue weighted by molar-refractivity contribution is 5.91. The standard InChI is InChI=1S/C20H22N2O4/c1-14-6-8-16(9-7-14)26-18-5-3-2-4-17(18)21-20(25)22-12-10-15(11-13-22)19(23)24/h2-9,15H,10-13H2,1H3,(H,21,25)(H,23,24). The number of nitrogens with zero attached hydrogens (tertiary/aromatic N) is 1. The third kappa shape index (κ3) is 4.33. The normalized spacial score (nSPS) is 14.7. The Labute approximate surface area is 152 Å². The van der Waals surface area contributed by atoms with Crippen molar-refractivity contribution in [2.24, 2.45) is 5.92 Å². The number of aliphatic carboxylic acids is 1. The highest BCUT2D eigenvalue weighted by Gasteiger charge is 2.27. The van der Waals surface area contributed by atoms with E-state index in [1.165, 1.54) is 0 Å². The van der Waals surface area contributed by atoms with Crippen LogP contribution in [0.3, 0.4) is 0 Å². The van der Waals surface area contributed by atoms with Gasteiger partial charge in [0.25, 0.3) is 0 Å². The molecule has 2 aromatic rings. The number of benzene rings is 2. The molecule has 1 saturated heterocycles. The van der Waals surface area contributed by atoms with Gasteiger partial charge in [-0.05, 0) is 44.0 Å². The van der Waals surface area contributed by atoms with Gasteiger partial charge in [0.2, 0.25) is 0 Å². The minimum Gasteiger partial charge on any atom is -0.481 e. The number of para-hydroxylation sites is 2. The van der Waals surface area contributed by atoms with Gasteiger partial charge in [0.1, 0.15) is 5.75 Å². The fourth-order valence-corrected chi connectivity index (χ4v) is 2.92. The number of urea groups is 1. The van der Waals surface area contributed by atoms with Crippen molar-refractivity contribution in [1.82, 2.24) is 4.90 Å². The second kappa shape index (κ2) is 7.91. The molecule has 1 heterocycles. The molecule has 0 unspecified atom stereocenters. The number of carboxylic acids is 1. The average molecular weight is 354 g/mol. The minimum absolute atomic E-state index is 0.242. The van der Waals surface area contributed by atoms with Crippen molar-refractivity contribution < 1.29 is 19.4 Å². The van der Waals surface area contributed by atoms with Crippen LogP contribution < -0.4 is 10.1 Å². The van der Waals surface area contributed by atoms with E-state index < -0.39 is 5.97 Å². The molecule has 0 aromatic heterocycles. The number of amides is 2. The van der Waals surface area contributed by atoms with E-state index in [2.05, 4.69) is 5.32 Å². The summed E-state index contributed by atoms with van der Waals surface area (Å²) in [6, 6.07) is 14.7. The van der Waals surface area contributed by atoms with Gasteiger partial charge in [-0.1, -0.05) is 29.8 Å². The van der Waals surface area contributed by atoms with Crippen LogP contribution in [0.1, 0.15) is 18.4 Å². The Bertz CT molecular complexity index is 781. The molecule has 0 atom stereocenters. The van der Waals surface area contributed by atoms with E-state index in [1.54, 1.807) is 17.0 Å². The van der Waals surface area contributed by atoms with Gasteiger partial charge < -0.3 is 20.1 Å². The summed E-state index contributed by atoms with van der Waals surface area (Å²) in [5, 5.41) is 11.9. The summed E-state index contributed by atoms with van der Waals surface area (Å²) in [6.45, 7) is 2.87. The maximum atomic E-state index is 12.5. The molecular weight excluding hydrogens is 332 g/mol. The first-order valence-electron chi connectivity index (χ1n) is 8.65. The van der Waals surface area contributed by atoms with Gasteiger partial charge >= 0.3 is 12.0 Å². The van der Waals surface area contributed by atoms with E-state index in [0.29, 0.717) is 43.1 Å². The number of carbonyl (C=O) groups excluding carboxylic acids is 1. The third-order valence-electron chi connectivity index (χ3n) is 4.51.